The van der Waals surface area contributed by atoms with Gasteiger partial charge in [0, 0.05) is 31.2 Å². The summed E-state index contributed by atoms with van der Waals surface area (Å²) in [4.78, 5) is 25.7. The maximum absolute atomic E-state index is 13.0. The number of rotatable bonds is 3. The Hall–Kier alpha value is -2.47. The first kappa shape index (κ1) is 16.0. The average molecular weight is 338 g/mol. The SMILES string of the molecule is CCc1cnc(N2CCOC(C(=O)N3CCc4ccccc43)C2)nc1. The van der Waals surface area contributed by atoms with Gasteiger partial charge in [0.2, 0.25) is 5.95 Å². The Morgan fingerprint density at radius 3 is 2.84 bits per heavy atom. The summed E-state index contributed by atoms with van der Waals surface area (Å²) >= 11 is 0. The number of fused-ring (bicyclic) bond motifs is 1. The molecule has 25 heavy (non-hydrogen) atoms. The zero-order chi connectivity index (χ0) is 17.2. The molecule has 1 fully saturated rings. The number of morpholine rings is 1. The van der Waals surface area contributed by atoms with Crippen LogP contribution in [0.3, 0.4) is 0 Å². The predicted molar refractivity (Wildman–Crippen MR) is 95.9 cm³/mol. The van der Waals surface area contributed by atoms with Gasteiger partial charge in [-0.1, -0.05) is 25.1 Å². The van der Waals surface area contributed by atoms with Gasteiger partial charge in [-0.3, -0.25) is 4.79 Å². The highest BCUT2D eigenvalue weighted by molar-refractivity contribution is 5.98. The molecule has 1 atom stereocenters. The van der Waals surface area contributed by atoms with Gasteiger partial charge in [0.15, 0.2) is 6.10 Å². The van der Waals surface area contributed by atoms with Crippen LogP contribution in [0.15, 0.2) is 36.7 Å². The largest absolute Gasteiger partial charge is 0.365 e. The maximum Gasteiger partial charge on any atom is 0.257 e. The molecule has 6 nitrogen and oxygen atoms in total. The van der Waals surface area contributed by atoms with Crippen LogP contribution in [0.2, 0.25) is 0 Å². The molecule has 0 aliphatic carbocycles. The molecule has 130 valence electrons. The zero-order valence-electron chi connectivity index (χ0n) is 14.4. The average Bonchev–Trinajstić information content (AvgIpc) is 3.12. The van der Waals surface area contributed by atoms with Crippen molar-refractivity contribution in [2.24, 2.45) is 0 Å². The molecule has 1 aromatic heterocycles. The first-order chi connectivity index (χ1) is 12.3. The second kappa shape index (κ2) is 6.80. The van der Waals surface area contributed by atoms with E-state index in [1.165, 1.54) is 5.56 Å². The molecule has 3 heterocycles. The van der Waals surface area contributed by atoms with Crippen LogP contribution in [-0.2, 0) is 22.4 Å². The number of amides is 1. The molecule has 0 saturated carbocycles. The third-order valence-electron chi connectivity index (χ3n) is 4.88. The summed E-state index contributed by atoms with van der Waals surface area (Å²) < 4.78 is 5.78. The number of carbonyl (C=O) groups excluding carboxylic acids is 1. The summed E-state index contributed by atoms with van der Waals surface area (Å²) in [5.74, 6) is 0.694. The molecule has 2 aromatic rings. The third-order valence-corrected chi connectivity index (χ3v) is 4.88. The summed E-state index contributed by atoms with van der Waals surface area (Å²) in [5, 5.41) is 0. The van der Waals surface area contributed by atoms with E-state index in [0.717, 1.165) is 30.6 Å². The third kappa shape index (κ3) is 3.09. The Kier molecular flexibility index (Phi) is 4.36. The fraction of sp³-hybridized carbons (Fsp3) is 0.421. The van der Waals surface area contributed by atoms with Crippen molar-refractivity contribution in [1.82, 2.24) is 9.97 Å². The van der Waals surface area contributed by atoms with Gasteiger partial charge in [-0.15, -0.1) is 0 Å². The van der Waals surface area contributed by atoms with Gasteiger partial charge >= 0.3 is 0 Å². The number of benzene rings is 1. The predicted octanol–water partition coefficient (Wildman–Crippen LogP) is 1.83. The Morgan fingerprint density at radius 2 is 2.04 bits per heavy atom. The number of nitrogens with zero attached hydrogens (tertiary/aromatic N) is 4. The molecule has 0 N–H and O–H groups in total. The molecule has 1 aromatic carbocycles. The van der Waals surface area contributed by atoms with Crippen LogP contribution in [0.5, 0.6) is 0 Å². The minimum absolute atomic E-state index is 0.0276. The van der Waals surface area contributed by atoms with Crippen LogP contribution in [0.25, 0.3) is 0 Å². The summed E-state index contributed by atoms with van der Waals surface area (Å²) in [6.45, 7) is 4.50. The van der Waals surface area contributed by atoms with Crippen molar-refractivity contribution in [3.63, 3.8) is 0 Å². The molecule has 1 unspecified atom stereocenters. The monoisotopic (exact) mass is 338 g/mol. The second-order valence-electron chi connectivity index (χ2n) is 6.42. The molecule has 0 radical (unpaired) electrons. The lowest BCUT2D eigenvalue weighted by Gasteiger charge is -2.34. The first-order valence-corrected chi connectivity index (χ1v) is 8.83. The van der Waals surface area contributed by atoms with Crippen LogP contribution < -0.4 is 9.80 Å². The van der Waals surface area contributed by atoms with Crippen molar-refractivity contribution >= 4 is 17.5 Å². The second-order valence-corrected chi connectivity index (χ2v) is 6.42. The highest BCUT2D eigenvalue weighted by Gasteiger charge is 2.34. The number of aromatic nitrogens is 2. The quantitative estimate of drug-likeness (QED) is 0.855. The van der Waals surface area contributed by atoms with Gasteiger partial charge in [-0.25, -0.2) is 9.97 Å². The van der Waals surface area contributed by atoms with E-state index in [-0.39, 0.29) is 5.91 Å². The van der Waals surface area contributed by atoms with E-state index in [1.54, 1.807) is 0 Å². The van der Waals surface area contributed by atoms with Crippen LogP contribution in [0.4, 0.5) is 11.6 Å². The lowest BCUT2D eigenvalue weighted by atomic mass is 10.2. The Bertz CT molecular complexity index is 762. The van der Waals surface area contributed by atoms with E-state index < -0.39 is 6.10 Å². The molecule has 6 heteroatoms. The Labute approximate surface area is 147 Å². The van der Waals surface area contributed by atoms with Gasteiger partial charge in [0.1, 0.15) is 0 Å². The van der Waals surface area contributed by atoms with Crippen molar-refractivity contribution in [1.29, 1.82) is 0 Å². The molecule has 1 saturated heterocycles. The zero-order valence-corrected chi connectivity index (χ0v) is 14.4. The van der Waals surface area contributed by atoms with Crippen molar-refractivity contribution in [2.75, 3.05) is 36.0 Å². The number of carbonyl (C=O) groups is 1. The van der Waals surface area contributed by atoms with Crippen LogP contribution >= 0.6 is 0 Å². The minimum Gasteiger partial charge on any atom is -0.365 e. The molecule has 2 aliphatic rings. The molecule has 4 rings (SSSR count). The van der Waals surface area contributed by atoms with Gasteiger partial charge < -0.3 is 14.5 Å². The van der Waals surface area contributed by atoms with Gasteiger partial charge in [0.25, 0.3) is 5.91 Å². The van der Waals surface area contributed by atoms with E-state index in [0.29, 0.717) is 25.6 Å². The fourth-order valence-corrected chi connectivity index (χ4v) is 3.42. The number of hydrogen-bond acceptors (Lipinski definition) is 5. The van der Waals surface area contributed by atoms with E-state index in [4.69, 9.17) is 4.74 Å². The van der Waals surface area contributed by atoms with Gasteiger partial charge in [0.05, 0.1) is 13.2 Å². The Morgan fingerprint density at radius 1 is 1.24 bits per heavy atom. The summed E-state index contributed by atoms with van der Waals surface area (Å²) in [5.41, 5.74) is 3.34. The molecule has 0 spiro atoms. The lowest BCUT2D eigenvalue weighted by molar-refractivity contribution is -0.130. The highest BCUT2D eigenvalue weighted by Crippen LogP contribution is 2.28. The molecule has 0 bridgehead atoms. The number of aryl methyl sites for hydroxylation is 1. The molecular weight excluding hydrogens is 316 g/mol. The van der Waals surface area contributed by atoms with Gasteiger partial charge in [-0.05, 0) is 30.0 Å². The summed E-state index contributed by atoms with van der Waals surface area (Å²) in [6, 6.07) is 8.08. The van der Waals surface area contributed by atoms with Crippen molar-refractivity contribution < 1.29 is 9.53 Å². The normalized spacial score (nSPS) is 19.8. The summed E-state index contributed by atoms with van der Waals surface area (Å²) in [6.07, 6.45) is 5.05. The van der Waals surface area contributed by atoms with Gasteiger partial charge in [-0.2, -0.15) is 0 Å². The van der Waals surface area contributed by atoms with E-state index in [2.05, 4.69) is 23.0 Å². The maximum atomic E-state index is 13.0. The standard InChI is InChI=1S/C19H22N4O2/c1-2-14-11-20-19(21-12-14)22-9-10-25-17(13-22)18(24)23-8-7-15-5-3-4-6-16(15)23/h3-6,11-12,17H,2,7-10,13H2,1H3. The number of hydrogen-bond donors (Lipinski definition) is 0. The van der Waals surface area contributed by atoms with Crippen LogP contribution in [0.1, 0.15) is 18.1 Å². The molecule has 2 aliphatic heterocycles. The van der Waals surface area contributed by atoms with E-state index in [9.17, 15) is 4.79 Å². The number of ether oxygens (including phenoxy) is 1. The highest BCUT2D eigenvalue weighted by atomic mass is 16.5. The van der Waals surface area contributed by atoms with Crippen molar-refractivity contribution in [3.05, 3.63) is 47.8 Å². The van der Waals surface area contributed by atoms with Crippen LogP contribution in [0, 0.1) is 0 Å². The lowest BCUT2D eigenvalue weighted by Crippen LogP contribution is -2.51. The van der Waals surface area contributed by atoms with E-state index in [1.807, 2.05) is 40.4 Å². The topological polar surface area (TPSA) is 58.6 Å². The van der Waals surface area contributed by atoms with Crippen LogP contribution in [-0.4, -0.2) is 48.2 Å². The fourth-order valence-electron chi connectivity index (χ4n) is 3.42. The minimum atomic E-state index is -0.477. The van der Waals surface area contributed by atoms with Crippen molar-refractivity contribution in [3.8, 4) is 0 Å². The molecular formula is C19H22N4O2. The first-order valence-electron chi connectivity index (χ1n) is 8.83. The number of para-hydroxylation sites is 1. The van der Waals surface area contributed by atoms with E-state index >= 15 is 0 Å². The number of anilines is 2. The smallest absolute Gasteiger partial charge is 0.257 e. The van der Waals surface area contributed by atoms with Crippen molar-refractivity contribution in [2.45, 2.75) is 25.9 Å². The summed E-state index contributed by atoms with van der Waals surface area (Å²) in [7, 11) is 0. The molecule has 1 amide bonds. The Balaban J connectivity index is 1.48.